The number of esters is 2. The molecule has 0 amide bonds. The van der Waals surface area contributed by atoms with Gasteiger partial charge in [0.15, 0.2) is 6.10 Å². The standard InChI is InChI=1S/C78H139NO8/c1-6-8-10-12-14-16-18-20-22-24-26-28-30-32-34-36-37-38-39-41-42-44-46-48-50-52-54-56-58-60-62-64-66-68-75(80)85-72-74(73-86-78(77(82)83)84-71-70-79(3,4)5)87-76(81)69-67-65-63-61-59-57-55-53-51-49-47-45-43-40-35-33-31-29-27-25-23-21-19-17-15-13-11-9-7-2/h9,11,15,17,21,23,27,29,33,35,43,45,49,51,74,78H,6-8,10,12-14,16,18-20,22,24-26,28,30-32,34,36-42,44,46-48,50,52-73H2,1-5H3/p+1/b11-9-,17-15-,23-21-,29-27-,35-33-,45-43-,51-49-. The number of nitrogens with zero attached hydrogens (tertiary/aromatic N) is 1. The quantitative estimate of drug-likeness (QED) is 0.0211. The number of rotatable bonds is 68. The monoisotopic (exact) mass is 1220 g/mol. The summed E-state index contributed by atoms with van der Waals surface area (Å²) >= 11 is 0. The van der Waals surface area contributed by atoms with Gasteiger partial charge in [-0.15, -0.1) is 0 Å². The molecule has 0 fully saturated rings. The largest absolute Gasteiger partial charge is 0.477 e. The van der Waals surface area contributed by atoms with Gasteiger partial charge in [-0.1, -0.05) is 336 Å². The number of aliphatic carboxylic acids is 1. The summed E-state index contributed by atoms with van der Waals surface area (Å²) in [6.45, 7) is 4.79. The summed E-state index contributed by atoms with van der Waals surface area (Å²) in [5, 5.41) is 9.75. The van der Waals surface area contributed by atoms with Crippen LogP contribution in [-0.4, -0.2) is 87.4 Å². The van der Waals surface area contributed by atoms with Gasteiger partial charge in [0.1, 0.15) is 13.2 Å². The topological polar surface area (TPSA) is 108 Å². The van der Waals surface area contributed by atoms with Crippen molar-refractivity contribution < 1.29 is 42.9 Å². The number of likely N-dealkylation sites (N-methyl/N-ethyl adjacent to an activating group) is 1. The van der Waals surface area contributed by atoms with Crippen LogP contribution in [0.5, 0.6) is 0 Å². The molecule has 0 aromatic heterocycles. The fraction of sp³-hybridized carbons (Fsp3) is 0.782. The normalized spacial score (nSPS) is 13.2. The minimum atomic E-state index is -1.52. The van der Waals surface area contributed by atoms with E-state index in [0.29, 0.717) is 23.9 Å². The Morgan fingerprint density at radius 2 is 0.655 bits per heavy atom. The van der Waals surface area contributed by atoms with E-state index in [-0.39, 0.29) is 32.2 Å². The van der Waals surface area contributed by atoms with Gasteiger partial charge in [-0.3, -0.25) is 9.59 Å². The van der Waals surface area contributed by atoms with Crippen LogP contribution >= 0.6 is 0 Å². The Morgan fingerprint density at radius 3 is 0.977 bits per heavy atom. The summed E-state index contributed by atoms with van der Waals surface area (Å²) in [7, 11) is 5.98. The van der Waals surface area contributed by atoms with Gasteiger partial charge in [-0.25, -0.2) is 4.79 Å². The average Bonchev–Trinajstić information content (AvgIpc) is 3.57. The molecule has 0 aliphatic heterocycles. The lowest BCUT2D eigenvalue weighted by atomic mass is 10.0. The lowest BCUT2D eigenvalue weighted by molar-refractivity contribution is -0.870. The van der Waals surface area contributed by atoms with Gasteiger partial charge in [0, 0.05) is 12.8 Å². The number of carbonyl (C=O) groups is 3. The van der Waals surface area contributed by atoms with Gasteiger partial charge in [-0.05, 0) is 70.6 Å². The number of hydrogen-bond donors (Lipinski definition) is 1. The highest BCUT2D eigenvalue weighted by Gasteiger charge is 2.25. The van der Waals surface area contributed by atoms with Crippen molar-refractivity contribution in [2.75, 3.05) is 47.5 Å². The van der Waals surface area contributed by atoms with E-state index in [9.17, 15) is 19.5 Å². The van der Waals surface area contributed by atoms with Crippen LogP contribution in [0.15, 0.2) is 85.1 Å². The van der Waals surface area contributed by atoms with E-state index in [1.165, 1.54) is 212 Å². The Morgan fingerprint density at radius 1 is 0.356 bits per heavy atom. The number of carboxylic acids is 1. The maximum Gasteiger partial charge on any atom is 0.361 e. The highest BCUT2D eigenvalue weighted by atomic mass is 16.7. The van der Waals surface area contributed by atoms with Crippen molar-refractivity contribution in [2.24, 2.45) is 0 Å². The number of carboxylic acid groups (broad SMARTS) is 1. The zero-order chi connectivity index (χ0) is 63.3. The van der Waals surface area contributed by atoms with E-state index in [4.69, 9.17) is 18.9 Å². The van der Waals surface area contributed by atoms with Crippen molar-refractivity contribution in [1.82, 2.24) is 0 Å². The molecular formula is C78H140NO8+. The maximum atomic E-state index is 12.9. The predicted octanol–water partition coefficient (Wildman–Crippen LogP) is 23.0. The van der Waals surface area contributed by atoms with Crippen molar-refractivity contribution >= 4 is 17.9 Å². The van der Waals surface area contributed by atoms with Crippen molar-refractivity contribution in [3.63, 3.8) is 0 Å². The van der Waals surface area contributed by atoms with Crippen LogP contribution in [0.1, 0.15) is 335 Å². The first-order chi connectivity index (χ1) is 42.6. The van der Waals surface area contributed by atoms with E-state index >= 15 is 0 Å². The van der Waals surface area contributed by atoms with E-state index < -0.39 is 24.3 Å². The lowest BCUT2D eigenvalue weighted by Crippen LogP contribution is -2.40. The van der Waals surface area contributed by atoms with Crippen LogP contribution in [0.2, 0.25) is 0 Å². The van der Waals surface area contributed by atoms with Gasteiger partial charge < -0.3 is 28.5 Å². The van der Waals surface area contributed by atoms with Gasteiger partial charge >= 0.3 is 17.9 Å². The molecule has 0 saturated carbocycles. The number of ether oxygens (including phenoxy) is 4. The van der Waals surface area contributed by atoms with Gasteiger partial charge in [0.25, 0.3) is 6.29 Å². The number of unbranched alkanes of at least 4 members (excludes halogenated alkanes) is 39. The summed E-state index contributed by atoms with van der Waals surface area (Å²) in [4.78, 5) is 37.7. The van der Waals surface area contributed by atoms with E-state index in [0.717, 1.165) is 89.9 Å². The van der Waals surface area contributed by atoms with Gasteiger partial charge in [0.2, 0.25) is 0 Å². The average molecular weight is 1220 g/mol. The number of carbonyl (C=O) groups excluding carboxylic acids is 2. The molecular weight excluding hydrogens is 1080 g/mol. The molecule has 2 unspecified atom stereocenters. The Balaban J connectivity index is 4.09. The molecule has 2 atom stereocenters. The zero-order valence-electron chi connectivity index (χ0n) is 57.7. The minimum Gasteiger partial charge on any atom is -0.477 e. The van der Waals surface area contributed by atoms with Crippen LogP contribution in [0.25, 0.3) is 0 Å². The summed E-state index contributed by atoms with van der Waals surface area (Å²) in [5.41, 5.74) is 0. The first-order valence-electron chi connectivity index (χ1n) is 36.8. The maximum absolute atomic E-state index is 12.9. The minimum absolute atomic E-state index is 0.183. The van der Waals surface area contributed by atoms with Crippen LogP contribution in [0.3, 0.4) is 0 Å². The fourth-order valence-corrected chi connectivity index (χ4v) is 10.6. The second-order valence-electron chi connectivity index (χ2n) is 25.9. The van der Waals surface area contributed by atoms with E-state index in [1.807, 2.05) is 21.1 Å². The Kier molecular flexibility index (Phi) is 65.6. The van der Waals surface area contributed by atoms with Crippen molar-refractivity contribution in [3.8, 4) is 0 Å². The SMILES string of the molecule is CC/C=C\C/C=C\C/C=C\C/C=C\C/C=C\C/C=C\C/C=C\CCCCCCCCCC(=O)OC(COC(=O)CCCCCCCCCCCCCCCCCCCCCCCCCCCCCCCCCCC)COC(OCC[N+](C)(C)C)C(=O)O. The zero-order valence-corrected chi connectivity index (χ0v) is 57.7. The third-order valence-electron chi connectivity index (χ3n) is 16.2. The van der Waals surface area contributed by atoms with Crippen LogP contribution < -0.4 is 0 Å². The molecule has 504 valence electrons. The Bertz CT molecular complexity index is 1700. The molecule has 0 aliphatic carbocycles. The molecule has 0 bridgehead atoms. The first kappa shape index (κ1) is 83.5. The highest BCUT2D eigenvalue weighted by Crippen LogP contribution is 2.19. The molecule has 0 radical (unpaired) electrons. The molecule has 1 N–H and O–H groups in total. The van der Waals surface area contributed by atoms with Gasteiger partial charge in [0.05, 0.1) is 34.4 Å². The molecule has 0 aliphatic rings. The van der Waals surface area contributed by atoms with Crippen molar-refractivity contribution in [1.29, 1.82) is 0 Å². The summed E-state index contributed by atoms with van der Waals surface area (Å²) in [5.74, 6) is -2.01. The number of quaternary nitrogens is 1. The molecule has 87 heavy (non-hydrogen) atoms. The molecule has 0 heterocycles. The summed E-state index contributed by atoms with van der Waals surface area (Å²) in [6, 6.07) is 0. The smallest absolute Gasteiger partial charge is 0.361 e. The second-order valence-corrected chi connectivity index (χ2v) is 25.9. The van der Waals surface area contributed by atoms with Crippen molar-refractivity contribution in [2.45, 2.75) is 347 Å². The highest BCUT2D eigenvalue weighted by molar-refractivity contribution is 5.71. The number of allylic oxidation sites excluding steroid dienone is 14. The predicted molar refractivity (Wildman–Crippen MR) is 373 cm³/mol. The molecule has 0 spiro atoms. The molecule has 0 aromatic rings. The second kappa shape index (κ2) is 68.4. The van der Waals surface area contributed by atoms with Gasteiger partial charge in [-0.2, -0.15) is 0 Å². The lowest BCUT2D eigenvalue weighted by Gasteiger charge is -2.25. The molecule has 0 rings (SSSR count). The van der Waals surface area contributed by atoms with E-state index in [2.05, 4.69) is 98.9 Å². The first-order valence-corrected chi connectivity index (χ1v) is 36.8. The third-order valence-corrected chi connectivity index (χ3v) is 16.2. The fourth-order valence-electron chi connectivity index (χ4n) is 10.6. The Hall–Kier alpha value is -3.53. The molecule has 0 saturated heterocycles. The Labute approximate surface area is 538 Å². The van der Waals surface area contributed by atoms with Crippen LogP contribution in [-0.2, 0) is 33.3 Å². The molecule has 0 aromatic carbocycles. The van der Waals surface area contributed by atoms with E-state index in [1.54, 1.807) is 0 Å². The molecule has 9 heteroatoms. The van der Waals surface area contributed by atoms with Crippen molar-refractivity contribution in [3.05, 3.63) is 85.1 Å². The third kappa shape index (κ3) is 69.8. The number of hydrogen-bond acceptors (Lipinski definition) is 7. The molecule has 9 nitrogen and oxygen atoms in total. The van der Waals surface area contributed by atoms with Crippen LogP contribution in [0, 0.1) is 0 Å². The summed E-state index contributed by atoms with van der Waals surface area (Å²) < 4.78 is 23.0. The summed E-state index contributed by atoms with van der Waals surface area (Å²) in [6.07, 6.45) is 90.0. The van der Waals surface area contributed by atoms with Crippen LogP contribution in [0.4, 0.5) is 0 Å².